The van der Waals surface area contributed by atoms with Gasteiger partial charge in [-0.25, -0.2) is 15.0 Å². The lowest BCUT2D eigenvalue weighted by Crippen LogP contribution is -2.51. The van der Waals surface area contributed by atoms with Gasteiger partial charge in [0.1, 0.15) is 6.04 Å². The molecule has 0 aliphatic heterocycles. The van der Waals surface area contributed by atoms with Crippen LogP contribution in [0, 0.1) is 12.8 Å². The van der Waals surface area contributed by atoms with Crippen LogP contribution >= 0.6 is 0 Å². The maximum absolute atomic E-state index is 12.4. The Kier molecular flexibility index (Phi) is 6.28. The Morgan fingerprint density at radius 1 is 1.39 bits per heavy atom. The first kappa shape index (κ1) is 17.1. The van der Waals surface area contributed by atoms with Crippen LogP contribution in [0.2, 0.25) is 0 Å². The molecule has 1 heterocycles. The monoisotopic (exact) mass is 321 g/mol. The van der Waals surface area contributed by atoms with Crippen molar-refractivity contribution in [1.82, 2.24) is 20.5 Å². The van der Waals surface area contributed by atoms with E-state index >= 15 is 0 Å². The fraction of sp³-hybridized carbons (Fsp3) is 0.600. The number of amides is 2. The average molecular weight is 321 g/mol. The summed E-state index contributed by atoms with van der Waals surface area (Å²) < 4.78 is 0. The van der Waals surface area contributed by atoms with Crippen molar-refractivity contribution in [2.45, 2.75) is 51.5 Å². The van der Waals surface area contributed by atoms with Gasteiger partial charge in [-0.3, -0.25) is 25.6 Å². The summed E-state index contributed by atoms with van der Waals surface area (Å²) in [4.78, 5) is 31.5. The number of nitrogens with zero attached hydrogens (tertiary/aromatic N) is 3. The zero-order valence-corrected chi connectivity index (χ0v) is 13.2. The van der Waals surface area contributed by atoms with Gasteiger partial charge in [0.05, 0.1) is 0 Å². The molecule has 0 spiro atoms. The molecule has 1 aromatic rings. The van der Waals surface area contributed by atoms with Gasteiger partial charge in [-0.15, -0.1) is 0 Å². The number of carbonyl (C=O) groups excluding carboxylic acids is 2. The quantitative estimate of drug-likeness (QED) is 0.316. The van der Waals surface area contributed by atoms with Crippen LogP contribution in [0.5, 0.6) is 0 Å². The van der Waals surface area contributed by atoms with Crippen LogP contribution in [-0.2, 0) is 9.59 Å². The molecule has 8 nitrogen and oxygen atoms in total. The summed E-state index contributed by atoms with van der Waals surface area (Å²) in [6, 6.07) is 0.825. The second-order valence-corrected chi connectivity index (χ2v) is 5.82. The summed E-state index contributed by atoms with van der Waals surface area (Å²) in [7, 11) is 0. The standard InChI is InChI=1S/C15H23N5O3/c1-11-8-9-16-15(17-11)19-18-14(22)13(20(23)10-21)12-6-4-2-3-5-7-12/h8-10,12-13,23H,2-7H2,1H3,(H,18,22)(H,16,17,19). The fourth-order valence-electron chi connectivity index (χ4n) is 2.94. The molecule has 1 atom stereocenters. The van der Waals surface area contributed by atoms with Crippen LogP contribution in [0.4, 0.5) is 5.95 Å². The lowest BCUT2D eigenvalue weighted by molar-refractivity contribution is -0.172. The summed E-state index contributed by atoms with van der Waals surface area (Å²) in [6.45, 7) is 1.81. The van der Waals surface area contributed by atoms with E-state index in [1.54, 1.807) is 12.3 Å². The summed E-state index contributed by atoms with van der Waals surface area (Å²) in [5, 5.41) is 10.3. The highest BCUT2D eigenvalue weighted by Gasteiger charge is 2.33. The molecule has 0 bridgehead atoms. The van der Waals surface area contributed by atoms with Crippen molar-refractivity contribution in [2.24, 2.45) is 5.92 Å². The maximum Gasteiger partial charge on any atom is 0.264 e. The molecule has 1 saturated carbocycles. The highest BCUT2D eigenvalue weighted by molar-refractivity contribution is 5.84. The second-order valence-electron chi connectivity index (χ2n) is 5.82. The Bertz CT molecular complexity index is 532. The highest BCUT2D eigenvalue weighted by Crippen LogP contribution is 2.27. The number of aromatic nitrogens is 2. The predicted octanol–water partition coefficient (Wildman–Crippen LogP) is 1.41. The molecule has 0 saturated heterocycles. The summed E-state index contributed by atoms with van der Waals surface area (Å²) in [5.74, 6) is -0.280. The van der Waals surface area contributed by atoms with Crippen LogP contribution < -0.4 is 10.9 Å². The molecular weight excluding hydrogens is 298 g/mol. The first-order valence-electron chi connectivity index (χ1n) is 7.90. The molecule has 1 aliphatic carbocycles. The maximum atomic E-state index is 12.4. The third-order valence-corrected chi connectivity index (χ3v) is 4.10. The van der Waals surface area contributed by atoms with Crippen molar-refractivity contribution < 1.29 is 14.8 Å². The van der Waals surface area contributed by atoms with E-state index < -0.39 is 11.9 Å². The minimum absolute atomic E-state index is 0.0621. The van der Waals surface area contributed by atoms with Gasteiger partial charge in [0.25, 0.3) is 5.91 Å². The molecule has 1 aromatic heterocycles. The molecule has 1 fully saturated rings. The van der Waals surface area contributed by atoms with Crippen molar-refractivity contribution in [3.05, 3.63) is 18.0 Å². The van der Waals surface area contributed by atoms with Crippen molar-refractivity contribution in [3.63, 3.8) is 0 Å². The lowest BCUT2D eigenvalue weighted by atomic mass is 9.91. The normalized spacial score (nSPS) is 17.0. The Labute approximate surface area is 135 Å². The van der Waals surface area contributed by atoms with Gasteiger partial charge < -0.3 is 0 Å². The molecule has 1 aliphatic rings. The van der Waals surface area contributed by atoms with Gasteiger partial charge in [-0.2, -0.15) is 0 Å². The molecule has 8 heteroatoms. The number of aryl methyl sites for hydroxylation is 1. The second kappa shape index (κ2) is 8.42. The van der Waals surface area contributed by atoms with Crippen molar-refractivity contribution in [2.75, 3.05) is 5.43 Å². The van der Waals surface area contributed by atoms with E-state index in [4.69, 9.17) is 0 Å². The fourth-order valence-corrected chi connectivity index (χ4v) is 2.94. The molecule has 126 valence electrons. The van der Waals surface area contributed by atoms with Gasteiger partial charge >= 0.3 is 0 Å². The van der Waals surface area contributed by atoms with Crippen LogP contribution in [0.1, 0.15) is 44.2 Å². The van der Waals surface area contributed by atoms with Crippen molar-refractivity contribution >= 4 is 18.3 Å². The van der Waals surface area contributed by atoms with E-state index in [9.17, 15) is 14.8 Å². The van der Waals surface area contributed by atoms with Crippen LogP contribution in [0.15, 0.2) is 12.3 Å². The van der Waals surface area contributed by atoms with E-state index in [0.717, 1.165) is 44.2 Å². The highest BCUT2D eigenvalue weighted by atomic mass is 16.5. The third kappa shape index (κ3) is 4.88. The average Bonchev–Trinajstić information content (AvgIpc) is 2.82. The van der Waals surface area contributed by atoms with E-state index in [1.165, 1.54) is 0 Å². The molecule has 2 rings (SSSR count). The van der Waals surface area contributed by atoms with Gasteiger partial charge in [0.2, 0.25) is 12.4 Å². The smallest absolute Gasteiger partial charge is 0.264 e. The van der Waals surface area contributed by atoms with Crippen molar-refractivity contribution in [1.29, 1.82) is 0 Å². The number of hydroxylamine groups is 2. The molecule has 23 heavy (non-hydrogen) atoms. The molecule has 0 radical (unpaired) electrons. The Morgan fingerprint density at radius 2 is 2.09 bits per heavy atom. The first-order valence-corrected chi connectivity index (χ1v) is 7.90. The molecule has 2 amide bonds. The molecule has 1 unspecified atom stereocenters. The molecular formula is C15H23N5O3. The van der Waals surface area contributed by atoms with E-state index in [0.29, 0.717) is 5.06 Å². The minimum Gasteiger partial charge on any atom is -0.285 e. The predicted molar refractivity (Wildman–Crippen MR) is 83.2 cm³/mol. The summed E-state index contributed by atoms with van der Waals surface area (Å²) in [5.41, 5.74) is 5.87. The number of hydrogen-bond donors (Lipinski definition) is 3. The Balaban J connectivity index is 2.02. The summed E-state index contributed by atoms with van der Waals surface area (Å²) in [6.07, 6.45) is 7.69. The Morgan fingerprint density at radius 3 is 2.70 bits per heavy atom. The van der Waals surface area contributed by atoms with E-state index in [1.807, 2.05) is 6.92 Å². The number of carbonyl (C=O) groups is 2. The minimum atomic E-state index is -0.914. The largest absolute Gasteiger partial charge is 0.285 e. The number of hydrogen-bond acceptors (Lipinski definition) is 6. The molecule has 3 N–H and O–H groups in total. The first-order chi connectivity index (χ1) is 11.1. The lowest BCUT2D eigenvalue weighted by Gasteiger charge is -2.28. The third-order valence-electron chi connectivity index (χ3n) is 4.10. The van der Waals surface area contributed by atoms with Crippen LogP contribution in [0.3, 0.4) is 0 Å². The SMILES string of the molecule is Cc1ccnc(NNC(=O)C(C2CCCCCC2)N(O)C=O)n1. The van der Waals surface area contributed by atoms with Crippen LogP contribution in [-0.4, -0.2) is 38.6 Å². The van der Waals surface area contributed by atoms with Gasteiger partial charge in [0, 0.05) is 11.9 Å². The zero-order valence-electron chi connectivity index (χ0n) is 13.2. The Hall–Kier alpha value is -2.22. The van der Waals surface area contributed by atoms with Crippen LogP contribution in [0.25, 0.3) is 0 Å². The van der Waals surface area contributed by atoms with E-state index in [-0.39, 0.29) is 18.3 Å². The number of anilines is 1. The number of rotatable bonds is 6. The molecule has 0 aromatic carbocycles. The zero-order chi connectivity index (χ0) is 16.7. The van der Waals surface area contributed by atoms with Gasteiger partial charge in [-0.1, -0.05) is 25.7 Å². The van der Waals surface area contributed by atoms with E-state index in [2.05, 4.69) is 20.8 Å². The van der Waals surface area contributed by atoms with Gasteiger partial charge in [-0.05, 0) is 31.7 Å². The number of hydrazine groups is 1. The number of nitrogens with one attached hydrogen (secondary N) is 2. The van der Waals surface area contributed by atoms with Crippen molar-refractivity contribution in [3.8, 4) is 0 Å². The summed E-state index contributed by atoms with van der Waals surface area (Å²) >= 11 is 0. The topological polar surface area (TPSA) is 107 Å². The van der Waals surface area contributed by atoms with Gasteiger partial charge in [0.15, 0.2) is 0 Å².